The van der Waals surface area contributed by atoms with E-state index < -0.39 is 4.92 Å². The molecule has 0 aliphatic carbocycles. The highest BCUT2D eigenvalue weighted by Gasteiger charge is 2.16. The van der Waals surface area contributed by atoms with Crippen molar-refractivity contribution in [2.75, 3.05) is 17.6 Å². The number of nitro groups is 1. The zero-order chi connectivity index (χ0) is 13.8. The molecule has 0 spiro atoms. The zero-order valence-electron chi connectivity index (χ0n) is 10.2. The van der Waals surface area contributed by atoms with Gasteiger partial charge in [0.15, 0.2) is 0 Å². The van der Waals surface area contributed by atoms with E-state index in [9.17, 15) is 10.1 Å². The van der Waals surface area contributed by atoms with Gasteiger partial charge in [0.05, 0.1) is 9.93 Å². The van der Waals surface area contributed by atoms with Gasteiger partial charge in [-0.3, -0.25) is 10.1 Å². The highest BCUT2D eigenvalue weighted by Crippen LogP contribution is 2.21. The maximum absolute atomic E-state index is 10.8. The third kappa shape index (κ3) is 3.35. The normalized spacial score (nSPS) is 10.4. The zero-order valence-corrected chi connectivity index (χ0v) is 11.0. The van der Waals surface area contributed by atoms with Crippen molar-refractivity contribution in [1.29, 1.82) is 0 Å². The number of hydrogen-bond acceptors (Lipinski definition) is 8. The van der Waals surface area contributed by atoms with Crippen LogP contribution >= 0.6 is 11.3 Å². The molecule has 2 aromatic heterocycles. The molecule has 0 saturated heterocycles. The molecule has 0 atom stereocenters. The van der Waals surface area contributed by atoms with E-state index in [2.05, 4.69) is 20.3 Å². The van der Waals surface area contributed by atoms with Crippen molar-refractivity contribution in [2.24, 2.45) is 0 Å². The summed E-state index contributed by atoms with van der Waals surface area (Å²) in [6.07, 6.45) is 1.76. The molecular formula is C10H12N6O2S. The summed E-state index contributed by atoms with van der Waals surface area (Å²) in [5.41, 5.74) is 6.20. The summed E-state index contributed by atoms with van der Waals surface area (Å²) >= 11 is 1.56. The Hall–Kier alpha value is -2.29. The molecule has 0 fully saturated rings. The number of nitrogens with one attached hydrogen (secondary N) is 1. The summed E-state index contributed by atoms with van der Waals surface area (Å²) in [6.45, 7) is 2.41. The predicted molar refractivity (Wildman–Crippen MR) is 72.1 cm³/mol. The lowest BCUT2D eigenvalue weighted by Gasteiger charge is -2.05. The van der Waals surface area contributed by atoms with Gasteiger partial charge in [-0.1, -0.05) is 0 Å². The molecule has 0 unspecified atom stereocenters. The van der Waals surface area contributed by atoms with Gasteiger partial charge >= 0.3 is 5.69 Å². The molecule has 3 N–H and O–H groups in total. The molecule has 0 amide bonds. The molecule has 0 aromatic carbocycles. The van der Waals surface area contributed by atoms with Crippen LogP contribution in [-0.4, -0.2) is 26.4 Å². The number of aromatic nitrogens is 3. The highest BCUT2D eigenvalue weighted by molar-refractivity contribution is 7.09. The van der Waals surface area contributed by atoms with Crippen LogP contribution < -0.4 is 11.1 Å². The summed E-state index contributed by atoms with van der Waals surface area (Å²) < 4.78 is 0. The van der Waals surface area contributed by atoms with Crippen LogP contribution in [0.2, 0.25) is 0 Å². The minimum atomic E-state index is -0.546. The Bertz CT molecular complexity index is 599. The average Bonchev–Trinajstić information content (AvgIpc) is 2.75. The fourth-order valence-electron chi connectivity index (χ4n) is 1.46. The lowest BCUT2D eigenvalue weighted by molar-refractivity contribution is -0.384. The van der Waals surface area contributed by atoms with E-state index in [-0.39, 0.29) is 17.5 Å². The number of thiazole rings is 1. The molecule has 2 heterocycles. The number of nitrogens with two attached hydrogens (primary N) is 1. The van der Waals surface area contributed by atoms with Gasteiger partial charge in [0.2, 0.25) is 11.8 Å². The van der Waals surface area contributed by atoms with Crippen LogP contribution in [0.15, 0.2) is 11.6 Å². The van der Waals surface area contributed by atoms with Crippen molar-refractivity contribution >= 4 is 28.8 Å². The van der Waals surface area contributed by atoms with Gasteiger partial charge in [0.1, 0.15) is 6.20 Å². The quantitative estimate of drug-likeness (QED) is 0.627. The van der Waals surface area contributed by atoms with Crippen LogP contribution in [0.25, 0.3) is 0 Å². The largest absolute Gasteiger partial charge is 0.368 e. The summed E-state index contributed by atoms with van der Waals surface area (Å²) in [5.74, 6) is 0.129. The van der Waals surface area contributed by atoms with Crippen molar-refractivity contribution < 1.29 is 4.92 Å². The minimum Gasteiger partial charge on any atom is -0.368 e. The van der Waals surface area contributed by atoms with Gasteiger partial charge in [0, 0.05) is 24.0 Å². The molecule has 100 valence electrons. The maximum atomic E-state index is 10.8. The van der Waals surface area contributed by atoms with Crippen LogP contribution in [0.3, 0.4) is 0 Å². The molecule has 2 rings (SSSR count). The lowest BCUT2D eigenvalue weighted by atomic mass is 10.4. The molecule has 0 saturated carbocycles. The van der Waals surface area contributed by atoms with E-state index in [1.807, 2.05) is 12.3 Å². The second-order valence-corrected chi connectivity index (χ2v) is 4.72. The van der Waals surface area contributed by atoms with Crippen molar-refractivity contribution in [3.05, 3.63) is 32.4 Å². The predicted octanol–water partition coefficient (Wildman–Crippen LogP) is 1.39. The third-order valence-corrected chi connectivity index (χ3v) is 3.31. The lowest BCUT2D eigenvalue weighted by Crippen LogP contribution is -2.10. The first-order valence-corrected chi connectivity index (χ1v) is 6.36. The topological polar surface area (TPSA) is 120 Å². The first-order valence-electron chi connectivity index (χ1n) is 5.48. The summed E-state index contributed by atoms with van der Waals surface area (Å²) in [6, 6.07) is 0. The van der Waals surface area contributed by atoms with Crippen molar-refractivity contribution in [1.82, 2.24) is 15.0 Å². The van der Waals surface area contributed by atoms with Gasteiger partial charge in [-0.15, -0.1) is 11.3 Å². The number of anilines is 2. The van der Waals surface area contributed by atoms with Crippen LogP contribution in [-0.2, 0) is 6.42 Å². The second kappa shape index (κ2) is 5.57. The molecule has 0 aliphatic rings. The van der Waals surface area contributed by atoms with Gasteiger partial charge in [-0.2, -0.15) is 4.98 Å². The number of hydrogen-bond donors (Lipinski definition) is 2. The van der Waals surface area contributed by atoms with Crippen LogP contribution in [0.5, 0.6) is 0 Å². The third-order valence-electron chi connectivity index (χ3n) is 2.28. The average molecular weight is 280 g/mol. The second-order valence-electron chi connectivity index (χ2n) is 3.78. The van der Waals surface area contributed by atoms with Crippen molar-refractivity contribution in [3.8, 4) is 0 Å². The molecule has 2 aromatic rings. The first kappa shape index (κ1) is 13.1. The van der Waals surface area contributed by atoms with Gasteiger partial charge in [-0.25, -0.2) is 9.97 Å². The maximum Gasteiger partial charge on any atom is 0.329 e. The molecule has 0 radical (unpaired) electrons. The molecule has 0 bridgehead atoms. The Morgan fingerprint density at radius 2 is 2.32 bits per heavy atom. The molecule has 8 nitrogen and oxygen atoms in total. The van der Waals surface area contributed by atoms with E-state index in [1.54, 1.807) is 11.3 Å². The number of nitrogens with zero attached hydrogens (tertiary/aromatic N) is 4. The van der Waals surface area contributed by atoms with E-state index in [1.165, 1.54) is 0 Å². The molecule has 19 heavy (non-hydrogen) atoms. The van der Waals surface area contributed by atoms with Crippen molar-refractivity contribution in [2.45, 2.75) is 13.3 Å². The fraction of sp³-hybridized carbons (Fsp3) is 0.300. The van der Waals surface area contributed by atoms with E-state index in [0.29, 0.717) is 13.0 Å². The summed E-state index contributed by atoms with van der Waals surface area (Å²) in [7, 11) is 0. The van der Waals surface area contributed by atoms with Crippen LogP contribution in [0, 0.1) is 17.0 Å². The number of rotatable bonds is 5. The van der Waals surface area contributed by atoms with Gasteiger partial charge in [0.25, 0.3) is 0 Å². The Morgan fingerprint density at radius 1 is 1.53 bits per heavy atom. The SMILES string of the molecule is Cc1csc(CCNc2nc(N)ncc2[N+](=O)[O-])n1. The van der Waals surface area contributed by atoms with E-state index in [4.69, 9.17) is 5.73 Å². The van der Waals surface area contributed by atoms with E-state index >= 15 is 0 Å². The molecule has 9 heteroatoms. The molecular weight excluding hydrogens is 268 g/mol. The highest BCUT2D eigenvalue weighted by atomic mass is 32.1. The number of nitrogen functional groups attached to an aromatic ring is 1. The van der Waals surface area contributed by atoms with Crippen molar-refractivity contribution in [3.63, 3.8) is 0 Å². The van der Waals surface area contributed by atoms with Crippen LogP contribution in [0.4, 0.5) is 17.5 Å². The Balaban J connectivity index is 2.02. The first-order chi connectivity index (χ1) is 9.06. The van der Waals surface area contributed by atoms with Gasteiger partial charge in [-0.05, 0) is 6.92 Å². The Labute approximate surface area is 112 Å². The fourth-order valence-corrected chi connectivity index (χ4v) is 2.23. The van der Waals surface area contributed by atoms with Crippen LogP contribution in [0.1, 0.15) is 10.7 Å². The smallest absolute Gasteiger partial charge is 0.329 e. The Morgan fingerprint density at radius 3 is 2.95 bits per heavy atom. The van der Waals surface area contributed by atoms with E-state index in [0.717, 1.165) is 16.9 Å². The number of aryl methyl sites for hydroxylation is 1. The van der Waals surface area contributed by atoms with Gasteiger partial charge < -0.3 is 11.1 Å². The molecule has 0 aliphatic heterocycles. The summed E-state index contributed by atoms with van der Waals surface area (Å²) in [4.78, 5) is 22.0. The Kier molecular flexibility index (Phi) is 3.85. The minimum absolute atomic E-state index is 0.00167. The standard InChI is InChI=1S/C10H12N6O2S/c1-6-5-19-8(14-6)2-3-12-9-7(16(17)18)4-13-10(11)15-9/h4-5H,2-3H2,1H3,(H3,11,12,13,15). The monoisotopic (exact) mass is 280 g/mol. The summed E-state index contributed by atoms with van der Waals surface area (Å²) in [5, 5.41) is 16.6.